The molecule has 1 aliphatic rings. The summed E-state index contributed by atoms with van der Waals surface area (Å²) in [6.07, 6.45) is -4.11. The number of halogens is 4. The monoisotopic (exact) mass is 424 g/mol. The number of nitrogens with zero attached hydrogens (tertiary/aromatic N) is 4. The third-order valence-electron chi connectivity index (χ3n) is 4.22. The van der Waals surface area contributed by atoms with Crippen LogP contribution in [0.5, 0.6) is 0 Å². The number of hydrogen-bond acceptors (Lipinski definition) is 6. The first-order valence-electron chi connectivity index (χ1n) is 8.08. The standard InChI is InChI=1S/C18H12ClF3N4OS/c19-12-6-4-11(5-7-12)14-9-17(27,18(20,21)22)26(25-14)16-24-15(10-28-16)13-3-1-2-8-23-13/h1-8,10,27H,9H2/t17-/m1/s1. The summed E-state index contributed by atoms with van der Waals surface area (Å²) in [6, 6.07) is 11.4. The van der Waals surface area contributed by atoms with E-state index in [0.29, 0.717) is 27.0 Å². The van der Waals surface area contributed by atoms with Gasteiger partial charge in [-0.3, -0.25) is 4.98 Å². The maximum absolute atomic E-state index is 13.7. The molecule has 144 valence electrons. The van der Waals surface area contributed by atoms with Crippen molar-refractivity contribution >= 4 is 33.8 Å². The van der Waals surface area contributed by atoms with Crippen molar-refractivity contribution in [2.45, 2.75) is 18.3 Å². The van der Waals surface area contributed by atoms with Crippen molar-refractivity contribution in [2.24, 2.45) is 5.10 Å². The first kappa shape index (κ1) is 18.9. The molecule has 1 atom stereocenters. The zero-order chi connectivity index (χ0) is 19.9. The zero-order valence-corrected chi connectivity index (χ0v) is 15.6. The van der Waals surface area contributed by atoms with E-state index in [1.165, 1.54) is 0 Å². The molecule has 0 amide bonds. The van der Waals surface area contributed by atoms with Gasteiger partial charge in [0.15, 0.2) is 0 Å². The Balaban J connectivity index is 1.75. The second kappa shape index (κ2) is 6.84. The number of pyridine rings is 1. The average molecular weight is 425 g/mol. The maximum Gasteiger partial charge on any atom is 0.438 e. The fraction of sp³-hybridized carbons (Fsp3) is 0.167. The van der Waals surface area contributed by atoms with Crippen LogP contribution < -0.4 is 5.01 Å². The lowest BCUT2D eigenvalue weighted by Gasteiger charge is -2.32. The molecule has 0 spiro atoms. The minimum Gasteiger partial charge on any atom is -0.362 e. The van der Waals surface area contributed by atoms with Gasteiger partial charge in [-0.1, -0.05) is 29.8 Å². The van der Waals surface area contributed by atoms with E-state index in [2.05, 4.69) is 15.1 Å². The number of aliphatic hydroxyl groups is 1. The summed E-state index contributed by atoms with van der Waals surface area (Å²) in [5, 5.41) is 17.0. The lowest BCUT2D eigenvalue weighted by molar-refractivity contribution is -0.254. The van der Waals surface area contributed by atoms with Crippen molar-refractivity contribution in [2.75, 3.05) is 5.01 Å². The number of thiazole rings is 1. The molecule has 0 saturated carbocycles. The van der Waals surface area contributed by atoms with Crippen LogP contribution in [0.1, 0.15) is 12.0 Å². The third-order valence-corrected chi connectivity index (χ3v) is 5.29. The summed E-state index contributed by atoms with van der Waals surface area (Å²) < 4.78 is 41.2. The molecule has 2 aromatic heterocycles. The number of benzene rings is 1. The van der Waals surface area contributed by atoms with Crippen LogP contribution in [0.25, 0.3) is 11.4 Å². The fourth-order valence-electron chi connectivity index (χ4n) is 2.76. The molecule has 0 bridgehead atoms. The van der Waals surface area contributed by atoms with Gasteiger partial charge in [0.05, 0.1) is 17.8 Å². The van der Waals surface area contributed by atoms with Gasteiger partial charge in [-0.2, -0.15) is 23.3 Å². The largest absolute Gasteiger partial charge is 0.438 e. The van der Waals surface area contributed by atoms with E-state index in [9.17, 15) is 18.3 Å². The summed E-state index contributed by atoms with van der Waals surface area (Å²) in [5.74, 6) is 0. The molecular weight excluding hydrogens is 413 g/mol. The van der Waals surface area contributed by atoms with Crippen LogP contribution in [0.3, 0.4) is 0 Å². The Morgan fingerprint density at radius 2 is 1.86 bits per heavy atom. The van der Waals surface area contributed by atoms with Gasteiger partial charge in [-0.15, -0.1) is 11.3 Å². The van der Waals surface area contributed by atoms with Crippen LogP contribution in [0.2, 0.25) is 5.02 Å². The molecular formula is C18H12ClF3N4OS. The van der Waals surface area contributed by atoms with Crippen molar-refractivity contribution < 1.29 is 18.3 Å². The molecule has 1 aromatic carbocycles. The fourth-order valence-corrected chi connectivity index (χ4v) is 3.72. The number of aromatic nitrogens is 2. The highest BCUT2D eigenvalue weighted by Crippen LogP contribution is 2.45. The van der Waals surface area contributed by atoms with E-state index < -0.39 is 18.3 Å². The van der Waals surface area contributed by atoms with Crippen LogP contribution in [-0.4, -0.2) is 32.7 Å². The van der Waals surface area contributed by atoms with Gasteiger partial charge < -0.3 is 5.11 Å². The summed E-state index contributed by atoms with van der Waals surface area (Å²) >= 11 is 6.78. The molecule has 0 radical (unpaired) electrons. The lowest BCUT2D eigenvalue weighted by Crippen LogP contribution is -2.55. The SMILES string of the molecule is O[C@@]1(C(F)(F)F)CC(c2ccc(Cl)cc2)=NN1c1nc(-c2ccccn2)cs1. The van der Waals surface area contributed by atoms with E-state index in [1.807, 2.05) is 0 Å². The van der Waals surface area contributed by atoms with Crippen molar-refractivity contribution in [1.29, 1.82) is 0 Å². The Morgan fingerprint density at radius 3 is 2.50 bits per heavy atom. The Bertz CT molecular complexity index is 1020. The van der Waals surface area contributed by atoms with Crippen molar-refractivity contribution in [1.82, 2.24) is 9.97 Å². The van der Waals surface area contributed by atoms with Crippen LogP contribution in [0.4, 0.5) is 18.3 Å². The molecule has 10 heteroatoms. The summed E-state index contributed by atoms with van der Waals surface area (Å²) in [6.45, 7) is 0. The number of hydrazone groups is 1. The van der Waals surface area contributed by atoms with Gasteiger partial charge in [0.25, 0.3) is 5.72 Å². The predicted molar refractivity (Wildman–Crippen MR) is 101 cm³/mol. The van der Waals surface area contributed by atoms with Gasteiger partial charge >= 0.3 is 6.18 Å². The molecule has 0 fully saturated rings. The molecule has 28 heavy (non-hydrogen) atoms. The van der Waals surface area contributed by atoms with E-state index in [1.54, 1.807) is 54.0 Å². The van der Waals surface area contributed by atoms with Gasteiger partial charge in [0.1, 0.15) is 5.69 Å². The number of alkyl halides is 3. The summed E-state index contributed by atoms with van der Waals surface area (Å²) in [7, 11) is 0. The Kier molecular flexibility index (Phi) is 4.60. The molecule has 1 aliphatic heterocycles. The minimum atomic E-state index is -4.94. The molecule has 5 nitrogen and oxygen atoms in total. The van der Waals surface area contributed by atoms with E-state index in [4.69, 9.17) is 11.6 Å². The Labute approximate surface area is 166 Å². The van der Waals surface area contributed by atoms with Crippen LogP contribution in [0, 0.1) is 0 Å². The first-order valence-corrected chi connectivity index (χ1v) is 9.33. The molecule has 0 saturated heterocycles. The lowest BCUT2D eigenvalue weighted by atomic mass is 10.0. The van der Waals surface area contributed by atoms with Gasteiger partial charge in [-0.05, 0) is 29.8 Å². The van der Waals surface area contributed by atoms with Crippen LogP contribution in [-0.2, 0) is 0 Å². The third kappa shape index (κ3) is 3.25. The molecule has 0 aliphatic carbocycles. The smallest absolute Gasteiger partial charge is 0.362 e. The Morgan fingerprint density at radius 1 is 1.11 bits per heavy atom. The topological polar surface area (TPSA) is 61.6 Å². The van der Waals surface area contributed by atoms with Crippen molar-refractivity contribution in [3.05, 3.63) is 64.6 Å². The summed E-state index contributed by atoms with van der Waals surface area (Å²) in [4.78, 5) is 8.34. The number of rotatable bonds is 3. The van der Waals surface area contributed by atoms with E-state index in [-0.39, 0.29) is 10.8 Å². The zero-order valence-electron chi connectivity index (χ0n) is 14.1. The van der Waals surface area contributed by atoms with Gasteiger partial charge in [0.2, 0.25) is 5.13 Å². The number of anilines is 1. The molecule has 3 heterocycles. The predicted octanol–water partition coefficient (Wildman–Crippen LogP) is 4.72. The van der Waals surface area contributed by atoms with E-state index >= 15 is 0 Å². The minimum absolute atomic E-state index is 0.0792. The highest BCUT2D eigenvalue weighted by Gasteiger charge is 2.62. The average Bonchev–Trinajstić information content (AvgIpc) is 3.28. The summed E-state index contributed by atoms with van der Waals surface area (Å²) in [5.41, 5.74) is -1.75. The molecule has 0 unspecified atom stereocenters. The Hall–Kier alpha value is -2.49. The second-order valence-corrected chi connectivity index (χ2v) is 7.36. The maximum atomic E-state index is 13.7. The van der Waals surface area contributed by atoms with E-state index in [0.717, 1.165) is 11.3 Å². The van der Waals surface area contributed by atoms with Crippen molar-refractivity contribution in [3.8, 4) is 11.4 Å². The normalized spacial score (nSPS) is 19.8. The highest BCUT2D eigenvalue weighted by atomic mass is 35.5. The van der Waals surface area contributed by atoms with Crippen LogP contribution >= 0.6 is 22.9 Å². The number of hydrogen-bond donors (Lipinski definition) is 1. The molecule has 3 aromatic rings. The highest BCUT2D eigenvalue weighted by molar-refractivity contribution is 7.14. The second-order valence-electron chi connectivity index (χ2n) is 6.09. The van der Waals surface area contributed by atoms with Gasteiger partial charge in [0, 0.05) is 16.6 Å². The molecule has 4 rings (SSSR count). The first-order chi connectivity index (χ1) is 13.3. The quantitative estimate of drug-likeness (QED) is 0.660. The van der Waals surface area contributed by atoms with Crippen LogP contribution in [0.15, 0.2) is 59.1 Å². The van der Waals surface area contributed by atoms with Crippen molar-refractivity contribution in [3.63, 3.8) is 0 Å². The molecule has 1 N–H and O–H groups in total. The van der Waals surface area contributed by atoms with Gasteiger partial charge in [-0.25, -0.2) is 4.98 Å².